The van der Waals surface area contributed by atoms with Crippen LogP contribution >= 0.6 is 0 Å². The Morgan fingerprint density at radius 1 is 2.14 bits per heavy atom. The van der Waals surface area contributed by atoms with Crippen LogP contribution in [0.15, 0.2) is 10.8 Å². The van der Waals surface area contributed by atoms with Crippen molar-refractivity contribution in [3.8, 4) is 0 Å². The van der Waals surface area contributed by atoms with Crippen LogP contribution < -0.4 is 0 Å². The summed E-state index contributed by atoms with van der Waals surface area (Å²) in [4.78, 5) is 0. The third-order valence-electron chi connectivity index (χ3n) is 0.574. The van der Waals surface area contributed by atoms with Gasteiger partial charge in [0.1, 0.15) is 0 Å². The van der Waals surface area contributed by atoms with Gasteiger partial charge in [-0.3, -0.25) is 0 Å². The lowest BCUT2D eigenvalue weighted by Gasteiger charge is -1.74. The lowest BCUT2D eigenvalue weighted by molar-refractivity contribution is 0.500. The fourth-order valence-electron chi connectivity index (χ4n) is 0.282. The van der Waals surface area contributed by atoms with E-state index in [4.69, 9.17) is 2.74 Å². The van der Waals surface area contributed by atoms with Gasteiger partial charge in [0.05, 0.1) is 0 Å². The first kappa shape index (κ1) is 2.45. The van der Waals surface area contributed by atoms with Crippen molar-refractivity contribution in [2.75, 3.05) is 0 Å². The van der Waals surface area contributed by atoms with Crippen LogP contribution in [-0.4, -0.2) is 10.2 Å². The molecule has 0 saturated heterocycles. The van der Waals surface area contributed by atoms with E-state index in [1.165, 1.54) is 6.92 Å². The average Bonchev–Trinajstić information content (AvgIpc) is 2.08. The monoisotopic (exact) mass is 100 g/mol. The molecule has 38 valence electrons. The molecule has 0 unspecified atom stereocenters. The van der Waals surface area contributed by atoms with Gasteiger partial charge in [0.2, 0.25) is 12.3 Å². The zero-order chi connectivity index (χ0) is 6.91. The number of aryl methyl sites for hydroxylation is 1. The Morgan fingerprint density at radius 3 is 3.29 bits per heavy atom. The number of hydrogen-bond acceptors (Lipinski definition) is 3. The molecule has 1 aromatic rings. The van der Waals surface area contributed by atoms with E-state index in [2.05, 4.69) is 14.6 Å². The van der Waals surface area contributed by atoms with Crippen LogP contribution in [0.5, 0.6) is 0 Å². The molecular formula is C4H6N2O. The van der Waals surface area contributed by atoms with Crippen molar-refractivity contribution in [3.63, 3.8) is 0 Å². The molecule has 0 aliphatic carbocycles. The molecule has 1 heterocycles. The molecule has 0 fully saturated rings. The minimum atomic E-state index is -1.52. The highest BCUT2D eigenvalue weighted by Gasteiger charge is 1.88. The summed E-state index contributed by atoms with van der Waals surface area (Å²) in [6.07, 6.45) is -0.410. The lowest BCUT2D eigenvalue weighted by Crippen LogP contribution is -1.75. The van der Waals surface area contributed by atoms with Gasteiger partial charge in [0, 0.05) is 9.11 Å². The molecule has 0 radical (unpaired) electrons. The van der Waals surface area contributed by atoms with Gasteiger partial charge in [0.25, 0.3) is 0 Å². The summed E-state index contributed by atoms with van der Waals surface area (Å²) in [5.41, 5.74) is 0. The summed E-state index contributed by atoms with van der Waals surface area (Å²) in [6.45, 7) is 1.36. The van der Waals surface area contributed by atoms with Crippen LogP contribution in [0.3, 0.4) is 0 Å². The predicted octanol–water partition coefficient (Wildman–Crippen LogP) is 0.632. The standard InChI is InChI=1S/C4H6N2O/c1-2-4-6-5-3-7-4/h3H,2H2,1H3/i2D2. The number of nitrogens with zero attached hydrogens (tertiary/aromatic N) is 2. The van der Waals surface area contributed by atoms with Crippen molar-refractivity contribution in [3.05, 3.63) is 12.3 Å². The van der Waals surface area contributed by atoms with E-state index in [9.17, 15) is 0 Å². The quantitative estimate of drug-likeness (QED) is 0.519. The summed E-state index contributed by atoms with van der Waals surface area (Å²) >= 11 is 0. The van der Waals surface area contributed by atoms with Crippen LogP contribution in [0, 0.1) is 0 Å². The van der Waals surface area contributed by atoms with Crippen LogP contribution in [0.25, 0.3) is 0 Å². The van der Waals surface area contributed by atoms with Gasteiger partial charge in [-0.2, -0.15) is 0 Å². The molecule has 1 rings (SSSR count). The maximum Gasteiger partial charge on any atom is 0.215 e. The maximum atomic E-state index is 7.06. The van der Waals surface area contributed by atoms with E-state index in [0.717, 1.165) is 6.39 Å². The zero-order valence-electron chi connectivity index (χ0n) is 5.88. The van der Waals surface area contributed by atoms with Crippen LogP contribution in [0.4, 0.5) is 0 Å². The molecule has 0 bridgehead atoms. The summed E-state index contributed by atoms with van der Waals surface area (Å²) in [5, 5.41) is 6.73. The normalized spacial score (nSPS) is 15.6. The SMILES string of the molecule is [2H]C([2H])(C)c1nnco1. The Labute approximate surface area is 44.2 Å². The lowest BCUT2D eigenvalue weighted by atomic mass is 10.5. The summed E-state index contributed by atoms with van der Waals surface area (Å²) in [6, 6.07) is 0. The molecule has 0 spiro atoms. The summed E-state index contributed by atoms with van der Waals surface area (Å²) < 4.78 is 18.7. The van der Waals surface area contributed by atoms with E-state index < -0.39 is 6.37 Å². The van der Waals surface area contributed by atoms with E-state index in [1.54, 1.807) is 0 Å². The Balaban J connectivity index is 2.90. The molecule has 1 aromatic heterocycles. The first-order chi connectivity index (χ1) is 4.11. The molecule has 3 heteroatoms. The first-order valence-electron chi connectivity index (χ1n) is 2.87. The fraction of sp³-hybridized carbons (Fsp3) is 0.500. The third kappa shape index (κ3) is 0.765. The highest BCUT2D eigenvalue weighted by molar-refractivity contribution is 4.68. The molecule has 0 saturated carbocycles. The van der Waals surface area contributed by atoms with Crippen LogP contribution in [0.1, 0.15) is 15.6 Å². The maximum absolute atomic E-state index is 7.06. The van der Waals surface area contributed by atoms with Crippen molar-refractivity contribution in [1.82, 2.24) is 10.2 Å². The number of aromatic nitrogens is 2. The largest absolute Gasteiger partial charge is 0.428 e. The van der Waals surface area contributed by atoms with E-state index in [0.29, 0.717) is 0 Å². The van der Waals surface area contributed by atoms with Gasteiger partial charge < -0.3 is 4.42 Å². The molecule has 0 aromatic carbocycles. The minimum absolute atomic E-state index is 0.0162. The molecule has 0 atom stereocenters. The van der Waals surface area contributed by atoms with Crippen molar-refractivity contribution in [2.24, 2.45) is 0 Å². The molecule has 0 aliphatic heterocycles. The van der Waals surface area contributed by atoms with Gasteiger partial charge in [-0.05, 0) is 0 Å². The Bertz CT molecular complexity index is 179. The topological polar surface area (TPSA) is 38.9 Å². The Hall–Kier alpha value is -0.860. The van der Waals surface area contributed by atoms with Crippen molar-refractivity contribution < 1.29 is 7.16 Å². The zero-order valence-corrected chi connectivity index (χ0v) is 3.88. The van der Waals surface area contributed by atoms with Crippen molar-refractivity contribution in [1.29, 1.82) is 0 Å². The number of hydrogen-bond donors (Lipinski definition) is 0. The van der Waals surface area contributed by atoms with E-state index in [1.807, 2.05) is 0 Å². The molecule has 3 nitrogen and oxygen atoms in total. The molecule has 0 N–H and O–H groups in total. The van der Waals surface area contributed by atoms with Gasteiger partial charge in [-0.1, -0.05) is 6.92 Å². The van der Waals surface area contributed by atoms with Gasteiger partial charge in [0.15, 0.2) is 0 Å². The second-order valence-corrected chi connectivity index (χ2v) is 0.994. The predicted molar refractivity (Wildman–Crippen MR) is 23.7 cm³/mol. The third-order valence-corrected chi connectivity index (χ3v) is 0.574. The first-order valence-corrected chi connectivity index (χ1v) is 1.87. The second kappa shape index (κ2) is 1.73. The fourth-order valence-corrected chi connectivity index (χ4v) is 0.282. The summed E-state index contributed by atoms with van der Waals surface area (Å²) in [7, 11) is 0. The molecular weight excluding hydrogens is 92.1 g/mol. The van der Waals surface area contributed by atoms with Gasteiger partial charge in [-0.15, -0.1) is 10.2 Å². The van der Waals surface area contributed by atoms with Crippen molar-refractivity contribution >= 4 is 0 Å². The highest BCUT2D eigenvalue weighted by Crippen LogP contribution is 1.88. The van der Waals surface area contributed by atoms with Gasteiger partial charge in [-0.25, -0.2) is 0 Å². The minimum Gasteiger partial charge on any atom is -0.428 e. The molecule has 7 heavy (non-hydrogen) atoms. The Kier molecular flexibility index (Phi) is 0.604. The van der Waals surface area contributed by atoms with Crippen LogP contribution in [-0.2, 0) is 6.37 Å². The molecule has 0 aliphatic rings. The Morgan fingerprint density at radius 2 is 3.00 bits per heavy atom. The van der Waals surface area contributed by atoms with E-state index >= 15 is 0 Å². The summed E-state index contributed by atoms with van der Waals surface area (Å²) in [5.74, 6) is 0.0162. The number of rotatable bonds is 1. The second-order valence-electron chi connectivity index (χ2n) is 0.994. The average molecular weight is 100 g/mol. The van der Waals surface area contributed by atoms with Gasteiger partial charge >= 0.3 is 0 Å². The highest BCUT2D eigenvalue weighted by atomic mass is 16.4. The molecule has 0 amide bonds. The van der Waals surface area contributed by atoms with E-state index in [-0.39, 0.29) is 5.89 Å². The smallest absolute Gasteiger partial charge is 0.215 e. The van der Waals surface area contributed by atoms with Crippen molar-refractivity contribution in [2.45, 2.75) is 13.3 Å². The van der Waals surface area contributed by atoms with Crippen LogP contribution in [0.2, 0.25) is 0 Å².